The maximum atomic E-state index is 12.0. The topological polar surface area (TPSA) is 94.0 Å². The molecular formula is C13H13ClN4O. The predicted octanol–water partition coefficient (Wildman–Crippen LogP) is 2.46. The molecule has 0 bridgehead atoms. The summed E-state index contributed by atoms with van der Waals surface area (Å²) in [5.74, 6) is -0.303. The Morgan fingerprint density at radius 2 is 1.84 bits per heavy atom. The van der Waals surface area contributed by atoms with Crippen LogP contribution in [0.5, 0.6) is 0 Å². The number of carbonyl (C=O) groups excluding carboxylic acids is 1. The standard InChI is InChI=1S/C13H13ClN4O/c1-7-2-11(6-17-12(7)14)18-13(19)8-3-9(15)5-10(16)4-8/h2-6H,15-16H2,1H3,(H,18,19). The molecule has 0 radical (unpaired) electrons. The third kappa shape index (κ3) is 3.14. The first-order chi connectivity index (χ1) is 8.95. The zero-order valence-corrected chi connectivity index (χ0v) is 11.0. The number of carbonyl (C=O) groups is 1. The third-order valence-electron chi connectivity index (χ3n) is 2.51. The van der Waals surface area contributed by atoms with Crippen LogP contribution in [-0.4, -0.2) is 10.9 Å². The van der Waals surface area contributed by atoms with Gasteiger partial charge in [0.1, 0.15) is 5.15 Å². The molecule has 0 unspecified atom stereocenters. The van der Waals surface area contributed by atoms with Crippen molar-refractivity contribution in [2.24, 2.45) is 0 Å². The number of nitrogens with two attached hydrogens (primary N) is 2. The van der Waals surface area contributed by atoms with Crippen LogP contribution in [0.15, 0.2) is 30.5 Å². The lowest BCUT2D eigenvalue weighted by molar-refractivity contribution is 0.102. The summed E-state index contributed by atoms with van der Waals surface area (Å²) >= 11 is 5.82. The lowest BCUT2D eigenvalue weighted by Gasteiger charge is -2.07. The highest BCUT2D eigenvalue weighted by Crippen LogP contribution is 2.18. The van der Waals surface area contributed by atoms with Gasteiger partial charge < -0.3 is 16.8 Å². The summed E-state index contributed by atoms with van der Waals surface area (Å²) in [6.07, 6.45) is 1.49. The molecule has 0 aliphatic carbocycles. The monoisotopic (exact) mass is 276 g/mol. The second-order valence-corrected chi connectivity index (χ2v) is 4.53. The first-order valence-corrected chi connectivity index (χ1v) is 5.93. The van der Waals surface area contributed by atoms with E-state index in [1.165, 1.54) is 6.20 Å². The summed E-state index contributed by atoms with van der Waals surface area (Å²) in [6, 6.07) is 6.44. The van der Waals surface area contributed by atoms with Crippen molar-refractivity contribution in [1.82, 2.24) is 4.98 Å². The van der Waals surface area contributed by atoms with E-state index in [0.29, 0.717) is 27.8 Å². The smallest absolute Gasteiger partial charge is 0.255 e. The summed E-state index contributed by atoms with van der Waals surface area (Å²) in [6.45, 7) is 1.81. The number of halogens is 1. The van der Waals surface area contributed by atoms with Crippen molar-refractivity contribution in [1.29, 1.82) is 0 Å². The molecule has 19 heavy (non-hydrogen) atoms. The summed E-state index contributed by atoms with van der Waals surface area (Å²) in [4.78, 5) is 16.0. The van der Waals surface area contributed by atoms with Crippen molar-refractivity contribution in [2.75, 3.05) is 16.8 Å². The van der Waals surface area contributed by atoms with Gasteiger partial charge in [0.2, 0.25) is 0 Å². The quantitative estimate of drug-likeness (QED) is 0.580. The summed E-state index contributed by atoms with van der Waals surface area (Å²) in [5.41, 5.74) is 13.9. The highest BCUT2D eigenvalue weighted by molar-refractivity contribution is 6.30. The fraction of sp³-hybridized carbons (Fsp3) is 0.0769. The normalized spacial score (nSPS) is 10.2. The average molecular weight is 277 g/mol. The molecule has 0 fully saturated rings. The number of rotatable bonds is 2. The van der Waals surface area contributed by atoms with E-state index in [4.69, 9.17) is 23.1 Å². The number of benzene rings is 1. The zero-order valence-electron chi connectivity index (χ0n) is 10.3. The minimum absolute atomic E-state index is 0.303. The SMILES string of the molecule is Cc1cc(NC(=O)c2cc(N)cc(N)c2)cnc1Cl. The molecule has 0 atom stereocenters. The second kappa shape index (κ2) is 5.16. The number of pyridine rings is 1. The predicted molar refractivity (Wildman–Crippen MR) is 77.2 cm³/mol. The van der Waals surface area contributed by atoms with E-state index in [9.17, 15) is 4.79 Å². The molecule has 0 spiro atoms. The van der Waals surface area contributed by atoms with Crippen LogP contribution in [0.4, 0.5) is 17.1 Å². The Morgan fingerprint density at radius 1 is 1.21 bits per heavy atom. The van der Waals surface area contributed by atoms with E-state index in [1.54, 1.807) is 24.3 Å². The minimum atomic E-state index is -0.303. The lowest BCUT2D eigenvalue weighted by atomic mass is 10.1. The maximum absolute atomic E-state index is 12.0. The van der Waals surface area contributed by atoms with Crippen LogP contribution in [0, 0.1) is 6.92 Å². The molecule has 0 saturated heterocycles. The Labute approximate surface area is 115 Å². The summed E-state index contributed by atoms with van der Waals surface area (Å²) in [5, 5.41) is 3.12. The van der Waals surface area contributed by atoms with Crippen molar-refractivity contribution in [2.45, 2.75) is 6.92 Å². The van der Waals surface area contributed by atoms with Crippen molar-refractivity contribution in [3.05, 3.63) is 46.7 Å². The molecular weight excluding hydrogens is 264 g/mol. The van der Waals surface area contributed by atoms with Crippen LogP contribution in [-0.2, 0) is 0 Å². The molecule has 5 N–H and O–H groups in total. The van der Waals surface area contributed by atoms with Crippen LogP contribution < -0.4 is 16.8 Å². The third-order valence-corrected chi connectivity index (χ3v) is 2.91. The number of hydrogen-bond donors (Lipinski definition) is 3. The number of nitrogen functional groups attached to an aromatic ring is 2. The molecule has 1 amide bonds. The van der Waals surface area contributed by atoms with Gasteiger partial charge in [0, 0.05) is 16.9 Å². The summed E-state index contributed by atoms with van der Waals surface area (Å²) in [7, 11) is 0. The molecule has 1 heterocycles. The van der Waals surface area contributed by atoms with Crippen molar-refractivity contribution < 1.29 is 4.79 Å². The number of nitrogens with one attached hydrogen (secondary N) is 1. The van der Waals surface area contributed by atoms with E-state index < -0.39 is 0 Å². The number of anilines is 3. The van der Waals surface area contributed by atoms with Crippen molar-refractivity contribution in [3.8, 4) is 0 Å². The van der Waals surface area contributed by atoms with Crippen LogP contribution in [0.3, 0.4) is 0 Å². The fourth-order valence-electron chi connectivity index (χ4n) is 1.64. The molecule has 98 valence electrons. The fourth-order valence-corrected chi connectivity index (χ4v) is 1.74. The van der Waals surface area contributed by atoms with Crippen molar-refractivity contribution >= 4 is 34.6 Å². The van der Waals surface area contributed by atoms with Crippen molar-refractivity contribution in [3.63, 3.8) is 0 Å². The molecule has 0 aliphatic rings. The van der Waals surface area contributed by atoms with E-state index in [-0.39, 0.29) is 5.91 Å². The number of aryl methyl sites for hydroxylation is 1. The van der Waals surface area contributed by atoms with Gasteiger partial charge in [0.25, 0.3) is 5.91 Å². The molecule has 2 aromatic rings. The highest BCUT2D eigenvalue weighted by atomic mass is 35.5. The highest BCUT2D eigenvalue weighted by Gasteiger charge is 2.08. The molecule has 1 aromatic carbocycles. The van der Waals surface area contributed by atoms with Gasteiger partial charge >= 0.3 is 0 Å². The van der Waals surface area contributed by atoms with E-state index in [0.717, 1.165) is 5.56 Å². The average Bonchev–Trinajstić information content (AvgIpc) is 2.32. The van der Waals surface area contributed by atoms with Gasteiger partial charge in [-0.2, -0.15) is 0 Å². The second-order valence-electron chi connectivity index (χ2n) is 4.17. The van der Waals surface area contributed by atoms with Crippen LogP contribution in [0.25, 0.3) is 0 Å². The van der Waals surface area contributed by atoms with Gasteiger partial charge in [-0.3, -0.25) is 4.79 Å². The zero-order chi connectivity index (χ0) is 14.0. The summed E-state index contributed by atoms with van der Waals surface area (Å²) < 4.78 is 0. The molecule has 0 saturated carbocycles. The van der Waals surface area contributed by atoms with Crippen LogP contribution in [0.2, 0.25) is 5.15 Å². The first-order valence-electron chi connectivity index (χ1n) is 5.55. The van der Waals surface area contributed by atoms with Gasteiger partial charge in [0.05, 0.1) is 11.9 Å². The van der Waals surface area contributed by atoms with Crippen LogP contribution >= 0.6 is 11.6 Å². The van der Waals surface area contributed by atoms with Gasteiger partial charge in [-0.05, 0) is 36.8 Å². The molecule has 5 nitrogen and oxygen atoms in total. The van der Waals surface area contributed by atoms with E-state index >= 15 is 0 Å². The van der Waals surface area contributed by atoms with Gasteiger partial charge in [-0.15, -0.1) is 0 Å². The molecule has 6 heteroatoms. The Kier molecular flexibility index (Phi) is 3.57. The van der Waals surface area contributed by atoms with Gasteiger partial charge in [0.15, 0.2) is 0 Å². The number of nitrogens with zero attached hydrogens (tertiary/aromatic N) is 1. The van der Waals surface area contributed by atoms with Gasteiger partial charge in [-0.1, -0.05) is 11.6 Å². The van der Waals surface area contributed by atoms with E-state index in [2.05, 4.69) is 10.3 Å². The first kappa shape index (κ1) is 13.2. The number of aromatic nitrogens is 1. The Hall–Kier alpha value is -2.27. The number of amides is 1. The molecule has 0 aliphatic heterocycles. The largest absolute Gasteiger partial charge is 0.399 e. The van der Waals surface area contributed by atoms with Gasteiger partial charge in [-0.25, -0.2) is 4.98 Å². The van der Waals surface area contributed by atoms with Crippen LogP contribution in [0.1, 0.15) is 15.9 Å². The molecule has 2 rings (SSSR count). The Bertz CT molecular complexity index is 622. The maximum Gasteiger partial charge on any atom is 0.255 e. The Balaban J connectivity index is 2.22. The van der Waals surface area contributed by atoms with E-state index in [1.807, 2.05) is 6.92 Å². The number of hydrogen-bond acceptors (Lipinski definition) is 4. The lowest BCUT2D eigenvalue weighted by Crippen LogP contribution is -2.13. The molecule has 1 aromatic heterocycles. The minimum Gasteiger partial charge on any atom is -0.399 e. The Morgan fingerprint density at radius 3 is 2.42 bits per heavy atom.